The maximum absolute atomic E-state index is 13.9. The van der Waals surface area contributed by atoms with Crippen LogP contribution >= 0.6 is 27.3 Å². The molecule has 0 saturated heterocycles. The minimum atomic E-state index is -0.853. The third kappa shape index (κ3) is 5.73. The highest BCUT2D eigenvalue weighted by molar-refractivity contribution is 9.10. The number of ether oxygens (including phenoxy) is 3. The van der Waals surface area contributed by atoms with Crippen LogP contribution in [-0.4, -0.2) is 34.8 Å². The minimum Gasteiger partial charge on any atom is -0.491 e. The summed E-state index contributed by atoms with van der Waals surface area (Å²) in [7, 11) is 0. The Morgan fingerprint density at radius 1 is 1.25 bits per heavy atom. The number of fused-ring (bicyclic) bond motifs is 1. The first-order valence-electron chi connectivity index (χ1n) is 12.6. The van der Waals surface area contributed by atoms with E-state index in [-0.39, 0.29) is 40.9 Å². The molecule has 210 valence electrons. The van der Waals surface area contributed by atoms with Gasteiger partial charge in [0.2, 0.25) is 5.75 Å². The van der Waals surface area contributed by atoms with Gasteiger partial charge in [-0.05, 0) is 74.3 Å². The average molecular weight is 631 g/mol. The van der Waals surface area contributed by atoms with Gasteiger partial charge in [0, 0.05) is 11.6 Å². The van der Waals surface area contributed by atoms with Crippen LogP contribution in [0.3, 0.4) is 0 Å². The van der Waals surface area contributed by atoms with Crippen LogP contribution in [0, 0.1) is 10.1 Å². The number of nitro benzene ring substituents is 1. The van der Waals surface area contributed by atoms with Gasteiger partial charge in [0.15, 0.2) is 4.80 Å². The lowest BCUT2D eigenvalue weighted by Crippen LogP contribution is -2.40. The van der Waals surface area contributed by atoms with Crippen molar-refractivity contribution in [3.8, 4) is 11.5 Å². The van der Waals surface area contributed by atoms with Gasteiger partial charge in [0.1, 0.15) is 11.8 Å². The van der Waals surface area contributed by atoms with Gasteiger partial charge in [0.25, 0.3) is 5.56 Å². The van der Waals surface area contributed by atoms with Crippen LogP contribution in [0.4, 0.5) is 5.69 Å². The first-order valence-corrected chi connectivity index (χ1v) is 14.2. The highest BCUT2D eigenvalue weighted by atomic mass is 79.9. The van der Waals surface area contributed by atoms with Gasteiger partial charge in [-0.15, -0.1) is 0 Å². The predicted octanol–water partition coefficient (Wildman–Crippen LogP) is 4.65. The molecule has 1 aliphatic heterocycles. The molecule has 1 aromatic heterocycles. The summed E-state index contributed by atoms with van der Waals surface area (Å²) in [4.78, 5) is 43.3. The van der Waals surface area contributed by atoms with E-state index in [4.69, 9.17) is 14.2 Å². The number of para-hydroxylation sites is 1. The second-order valence-corrected chi connectivity index (χ2v) is 10.9. The molecule has 0 radical (unpaired) electrons. The van der Waals surface area contributed by atoms with E-state index >= 15 is 0 Å². The lowest BCUT2D eigenvalue weighted by molar-refractivity contribution is -0.385. The van der Waals surface area contributed by atoms with E-state index < -0.39 is 22.5 Å². The zero-order chi connectivity index (χ0) is 29.1. The van der Waals surface area contributed by atoms with Gasteiger partial charge in [0.05, 0.1) is 44.5 Å². The van der Waals surface area contributed by atoms with Crippen LogP contribution < -0.4 is 24.4 Å². The summed E-state index contributed by atoms with van der Waals surface area (Å²) in [6, 6.07) is 9.38. The molecule has 0 unspecified atom stereocenters. The Bertz CT molecular complexity index is 1690. The molecule has 0 amide bonds. The second-order valence-electron chi connectivity index (χ2n) is 9.05. The van der Waals surface area contributed by atoms with Crippen LogP contribution in [0.25, 0.3) is 6.08 Å². The Morgan fingerprint density at radius 2 is 1.98 bits per heavy atom. The molecule has 4 rings (SSSR count). The molecular weight excluding hydrogens is 602 g/mol. The molecule has 10 nitrogen and oxygen atoms in total. The van der Waals surface area contributed by atoms with Crippen molar-refractivity contribution in [1.29, 1.82) is 0 Å². The second kappa shape index (κ2) is 12.2. The average Bonchev–Trinajstić information content (AvgIpc) is 3.18. The molecular formula is C28H28BrN3O7S. The molecule has 2 aromatic carbocycles. The van der Waals surface area contributed by atoms with E-state index in [9.17, 15) is 19.7 Å². The lowest BCUT2D eigenvalue weighted by atomic mass is 9.95. The fraction of sp³-hybridized carbons (Fsp3) is 0.321. The van der Waals surface area contributed by atoms with Crippen LogP contribution in [0.2, 0.25) is 0 Å². The van der Waals surface area contributed by atoms with Crippen molar-refractivity contribution < 1.29 is 23.9 Å². The van der Waals surface area contributed by atoms with E-state index in [1.807, 2.05) is 32.0 Å². The van der Waals surface area contributed by atoms with Crippen molar-refractivity contribution in [3.63, 3.8) is 0 Å². The van der Waals surface area contributed by atoms with Gasteiger partial charge in [-0.25, -0.2) is 9.79 Å². The number of hydrogen-bond acceptors (Lipinski definition) is 9. The molecule has 2 heterocycles. The Balaban J connectivity index is 1.97. The molecule has 1 aliphatic rings. The standard InChI is InChI=1S/C28H28BrN3O7S/c1-6-37-25-19(29)12-17(13-20(25)32(35)36)14-22-26(33)31-24(18-10-8-9-11-21(18)39-15(3)4)23(27(34)38-7-2)16(5)30-28(31)40-22/h8-15,24H,6-7H2,1-5H3/b22-14-/t24-/m1/s1. The monoisotopic (exact) mass is 629 g/mol. The third-order valence-electron chi connectivity index (χ3n) is 5.92. The number of aromatic nitrogens is 1. The highest BCUT2D eigenvalue weighted by Crippen LogP contribution is 2.38. The number of carbonyl (C=O) groups is 1. The smallest absolute Gasteiger partial charge is 0.338 e. The van der Waals surface area contributed by atoms with Crippen molar-refractivity contribution in [2.24, 2.45) is 4.99 Å². The lowest BCUT2D eigenvalue weighted by Gasteiger charge is -2.26. The Morgan fingerprint density at radius 3 is 2.62 bits per heavy atom. The SMILES string of the molecule is CCOC(=O)C1=C(C)N=c2s/c(=C\c3cc(Br)c(OCC)c([N+](=O)[O-])c3)c(=O)n2[C@@H]1c1ccccc1OC(C)C. The Hall–Kier alpha value is -3.77. The number of thiazole rings is 1. The van der Waals surface area contributed by atoms with Crippen LogP contribution in [-0.2, 0) is 9.53 Å². The zero-order valence-corrected chi connectivity index (χ0v) is 25.0. The normalized spacial score (nSPS) is 15.1. The first-order chi connectivity index (χ1) is 19.1. The highest BCUT2D eigenvalue weighted by Gasteiger charge is 2.35. The molecule has 0 saturated carbocycles. The van der Waals surface area contributed by atoms with Gasteiger partial charge in [-0.3, -0.25) is 19.5 Å². The maximum atomic E-state index is 13.9. The number of nitrogens with zero attached hydrogens (tertiary/aromatic N) is 3. The number of nitro groups is 1. The minimum absolute atomic E-state index is 0.113. The van der Waals surface area contributed by atoms with E-state index in [0.717, 1.165) is 11.3 Å². The molecule has 12 heteroatoms. The summed E-state index contributed by atoms with van der Waals surface area (Å²) in [5.74, 6) is 0.0654. The fourth-order valence-corrected chi connectivity index (χ4v) is 6.04. The van der Waals surface area contributed by atoms with Gasteiger partial charge in [-0.2, -0.15) is 0 Å². The topological polar surface area (TPSA) is 122 Å². The predicted molar refractivity (Wildman–Crippen MR) is 155 cm³/mol. The number of hydrogen-bond donors (Lipinski definition) is 0. The summed E-state index contributed by atoms with van der Waals surface area (Å²) in [5.41, 5.74) is 1.06. The fourth-order valence-electron chi connectivity index (χ4n) is 4.41. The molecule has 40 heavy (non-hydrogen) atoms. The van der Waals surface area contributed by atoms with Crippen molar-refractivity contribution in [2.45, 2.75) is 46.8 Å². The number of benzene rings is 2. The van der Waals surface area contributed by atoms with E-state index in [2.05, 4.69) is 20.9 Å². The van der Waals surface area contributed by atoms with Crippen LogP contribution in [0.1, 0.15) is 51.8 Å². The summed E-state index contributed by atoms with van der Waals surface area (Å²) in [6.45, 7) is 9.34. The molecule has 3 aromatic rings. The van der Waals surface area contributed by atoms with Gasteiger partial charge < -0.3 is 14.2 Å². The molecule has 0 fully saturated rings. The number of rotatable bonds is 9. The summed E-state index contributed by atoms with van der Waals surface area (Å²) in [5, 5.41) is 11.7. The van der Waals surface area contributed by atoms with Gasteiger partial charge in [-0.1, -0.05) is 29.5 Å². The van der Waals surface area contributed by atoms with E-state index in [1.54, 1.807) is 39.0 Å². The molecule has 0 N–H and O–H groups in total. The van der Waals surface area contributed by atoms with Crippen molar-refractivity contribution in [2.75, 3.05) is 13.2 Å². The van der Waals surface area contributed by atoms with E-state index in [0.29, 0.717) is 31.8 Å². The molecule has 0 aliphatic carbocycles. The first kappa shape index (κ1) is 29.2. The summed E-state index contributed by atoms with van der Waals surface area (Å²) in [6.07, 6.45) is 1.41. The largest absolute Gasteiger partial charge is 0.491 e. The van der Waals surface area contributed by atoms with E-state index in [1.165, 1.54) is 10.6 Å². The van der Waals surface area contributed by atoms with Gasteiger partial charge >= 0.3 is 11.7 Å². The summed E-state index contributed by atoms with van der Waals surface area (Å²) < 4.78 is 19.0. The molecule has 0 bridgehead atoms. The number of halogens is 1. The summed E-state index contributed by atoms with van der Waals surface area (Å²) >= 11 is 4.48. The van der Waals surface area contributed by atoms with Crippen molar-refractivity contribution >= 4 is 45.0 Å². The Kier molecular flexibility index (Phi) is 8.89. The number of allylic oxidation sites excluding steroid dienone is 1. The van der Waals surface area contributed by atoms with Crippen LogP contribution in [0.5, 0.6) is 11.5 Å². The molecule has 0 spiro atoms. The number of esters is 1. The Labute approximate surface area is 242 Å². The zero-order valence-electron chi connectivity index (χ0n) is 22.6. The quantitative estimate of drug-likeness (QED) is 0.192. The maximum Gasteiger partial charge on any atom is 0.338 e. The van der Waals surface area contributed by atoms with Crippen molar-refractivity contribution in [3.05, 3.63) is 93.1 Å². The van der Waals surface area contributed by atoms with Crippen LogP contribution in [0.15, 0.2) is 61.9 Å². The van der Waals surface area contributed by atoms with Crippen molar-refractivity contribution in [1.82, 2.24) is 4.57 Å². The molecule has 1 atom stereocenters. The number of carbonyl (C=O) groups excluding carboxylic acids is 1. The third-order valence-corrected chi connectivity index (χ3v) is 7.49.